The first kappa shape index (κ1) is 27.9. The fourth-order valence-electron chi connectivity index (χ4n) is 2.67. The van der Waals surface area contributed by atoms with Gasteiger partial charge >= 0.3 is 11.9 Å². The highest BCUT2D eigenvalue weighted by Gasteiger charge is 2.29. The van der Waals surface area contributed by atoms with Crippen LogP contribution in [0.25, 0.3) is 0 Å². The van der Waals surface area contributed by atoms with Crippen molar-refractivity contribution in [3.8, 4) is 0 Å². The number of thioether (sulfide) groups is 1. The van der Waals surface area contributed by atoms with Crippen LogP contribution >= 0.6 is 11.8 Å². The fourth-order valence-corrected chi connectivity index (χ4v) is 3.14. The lowest BCUT2D eigenvalue weighted by molar-refractivity contribution is -0.142. The number of nitrogens with one attached hydrogen (secondary N) is 4. The highest BCUT2D eigenvalue weighted by Crippen LogP contribution is 2.06. The van der Waals surface area contributed by atoms with Crippen LogP contribution in [0.15, 0.2) is 12.5 Å². The molecule has 1 rings (SSSR count). The number of aromatic amines is 1. The zero-order valence-corrected chi connectivity index (χ0v) is 19.2. The Kier molecular flexibility index (Phi) is 11.9. The van der Waals surface area contributed by atoms with E-state index in [4.69, 9.17) is 15.9 Å². The zero-order chi connectivity index (χ0) is 25.0. The van der Waals surface area contributed by atoms with E-state index in [0.717, 1.165) is 0 Å². The second-order valence-corrected chi connectivity index (χ2v) is 8.28. The Hall–Kier alpha value is -3.13. The molecule has 0 saturated carbocycles. The molecule has 1 aromatic rings. The van der Waals surface area contributed by atoms with Crippen molar-refractivity contribution in [3.05, 3.63) is 18.2 Å². The number of carbonyl (C=O) groups is 5. The van der Waals surface area contributed by atoms with Crippen LogP contribution in [0, 0.1) is 0 Å². The fraction of sp³-hybridized carbons (Fsp3) is 0.579. The molecule has 14 heteroatoms. The number of hydrogen-bond donors (Lipinski definition) is 7. The minimum atomic E-state index is -1.22. The van der Waals surface area contributed by atoms with Crippen molar-refractivity contribution in [2.24, 2.45) is 5.73 Å². The largest absolute Gasteiger partial charge is 0.481 e. The van der Waals surface area contributed by atoms with Gasteiger partial charge in [-0.25, -0.2) is 4.98 Å². The van der Waals surface area contributed by atoms with Crippen molar-refractivity contribution >= 4 is 41.4 Å². The van der Waals surface area contributed by atoms with Gasteiger partial charge in [0.15, 0.2) is 0 Å². The number of nitrogens with zero attached hydrogens (tertiary/aromatic N) is 1. The molecule has 0 fully saturated rings. The number of carboxylic acid groups (broad SMARTS) is 2. The maximum atomic E-state index is 13.0. The van der Waals surface area contributed by atoms with Gasteiger partial charge in [0, 0.05) is 24.7 Å². The van der Waals surface area contributed by atoms with Crippen molar-refractivity contribution in [1.29, 1.82) is 0 Å². The SMILES string of the molecule is CSCCC(NC(=O)C(Cc1cnc[nH]1)NC(=O)C(N)CCC(=O)O)C(=O)NC(C)C(=O)O. The molecule has 184 valence electrons. The van der Waals surface area contributed by atoms with Crippen molar-refractivity contribution in [2.75, 3.05) is 12.0 Å². The van der Waals surface area contributed by atoms with Crippen molar-refractivity contribution in [1.82, 2.24) is 25.9 Å². The van der Waals surface area contributed by atoms with Gasteiger partial charge in [-0.05, 0) is 31.8 Å². The third kappa shape index (κ3) is 10.4. The Bertz CT molecular complexity index is 820. The molecule has 0 radical (unpaired) electrons. The number of carbonyl (C=O) groups excluding carboxylic acids is 3. The van der Waals surface area contributed by atoms with Crippen molar-refractivity contribution < 1.29 is 34.2 Å². The van der Waals surface area contributed by atoms with Gasteiger partial charge in [-0.2, -0.15) is 11.8 Å². The first-order chi connectivity index (χ1) is 15.5. The number of carboxylic acids is 2. The van der Waals surface area contributed by atoms with E-state index in [1.807, 2.05) is 6.26 Å². The molecular formula is C19H30N6O7S. The van der Waals surface area contributed by atoms with Crippen LogP contribution < -0.4 is 21.7 Å². The minimum Gasteiger partial charge on any atom is -0.481 e. The van der Waals surface area contributed by atoms with Crippen molar-refractivity contribution in [3.63, 3.8) is 0 Å². The number of aliphatic carboxylic acids is 2. The summed E-state index contributed by atoms with van der Waals surface area (Å²) < 4.78 is 0. The Balaban J connectivity index is 2.95. The molecular weight excluding hydrogens is 456 g/mol. The van der Waals surface area contributed by atoms with E-state index < -0.39 is 53.8 Å². The number of aromatic nitrogens is 2. The van der Waals surface area contributed by atoms with Gasteiger partial charge in [-0.1, -0.05) is 0 Å². The van der Waals surface area contributed by atoms with Crippen LogP contribution in [0.3, 0.4) is 0 Å². The van der Waals surface area contributed by atoms with E-state index >= 15 is 0 Å². The van der Waals surface area contributed by atoms with E-state index in [1.165, 1.54) is 31.2 Å². The predicted molar refractivity (Wildman–Crippen MR) is 119 cm³/mol. The molecule has 4 unspecified atom stereocenters. The topological polar surface area (TPSA) is 217 Å². The second-order valence-electron chi connectivity index (χ2n) is 7.29. The number of nitrogens with two attached hydrogens (primary N) is 1. The standard InChI is InChI=1S/C19H30N6O7S/c1-10(19(31)32)23-17(29)13(5-6-33-2)24-18(30)14(7-11-8-21-9-22-11)25-16(28)12(20)3-4-15(26)27/h8-10,12-14H,3-7,20H2,1-2H3,(H,21,22)(H,23,29)(H,24,30)(H,25,28)(H,26,27)(H,31,32). The number of hydrogen-bond acceptors (Lipinski definition) is 8. The number of rotatable bonds is 15. The second kappa shape index (κ2) is 14.1. The number of amides is 3. The summed E-state index contributed by atoms with van der Waals surface area (Å²) >= 11 is 1.44. The lowest BCUT2D eigenvalue weighted by Gasteiger charge is -2.24. The van der Waals surface area contributed by atoms with E-state index in [1.54, 1.807) is 0 Å². The first-order valence-electron chi connectivity index (χ1n) is 10.1. The average molecular weight is 487 g/mol. The summed E-state index contributed by atoms with van der Waals surface area (Å²) in [7, 11) is 0. The number of imidazole rings is 1. The highest BCUT2D eigenvalue weighted by molar-refractivity contribution is 7.98. The molecule has 0 aliphatic heterocycles. The molecule has 1 heterocycles. The van der Waals surface area contributed by atoms with Crippen LogP contribution in [0.2, 0.25) is 0 Å². The predicted octanol–water partition coefficient (Wildman–Crippen LogP) is -1.54. The Morgan fingerprint density at radius 1 is 1.06 bits per heavy atom. The Morgan fingerprint density at radius 2 is 1.70 bits per heavy atom. The van der Waals surface area contributed by atoms with Gasteiger partial charge in [-0.15, -0.1) is 0 Å². The maximum absolute atomic E-state index is 13.0. The van der Waals surface area contributed by atoms with Gasteiger partial charge in [0.05, 0.1) is 12.4 Å². The third-order valence-corrected chi connectivity index (χ3v) is 5.23. The lowest BCUT2D eigenvalue weighted by Crippen LogP contribution is -2.57. The molecule has 0 bridgehead atoms. The Labute approximate surface area is 194 Å². The summed E-state index contributed by atoms with van der Waals surface area (Å²) in [6, 6.07) is -4.48. The van der Waals surface area contributed by atoms with Crippen LogP contribution in [0.1, 0.15) is 31.9 Å². The van der Waals surface area contributed by atoms with E-state index in [-0.39, 0.29) is 25.7 Å². The summed E-state index contributed by atoms with van der Waals surface area (Å²) in [5.41, 5.74) is 6.26. The van der Waals surface area contributed by atoms with Crippen molar-refractivity contribution in [2.45, 2.75) is 56.8 Å². The molecule has 0 aliphatic carbocycles. The summed E-state index contributed by atoms with van der Waals surface area (Å²) in [4.78, 5) is 66.4. The van der Waals surface area contributed by atoms with Crippen LogP contribution in [-0.4, -0.2) is 86.0 Å². The molecule has 4 atom stereocenters. The minimum absolute atomic E-state index is 0.00557. The molecule has 0 aromatic carbocycles. The Morgan fingerprint density at radius 3 is 2.24 bits per heavy atom. The third-order valence-electron chi connectivity index (χ3n) is 4.59. The van der Waals surface area contributed by atoms with E-state index in [0.29, 0.717) is 11.4 Å². The van der Waals surface area contributed by atoms with E-state index in [2.05, 4.69) is 25.9 Å². The van der Waals surface area contributed by atoms with E-state index in [9.17, 15) is 24.0 Å². The summed E-state index contributed by atoms with van der Waals surface area (Å²) in [6.07, 6.45) is 4.47. The van der Waals surface area contributed by atoms with Crippen LogP contribution in [-0.2, 0) is 30.4 Å². The average Bonchev–Trinajstić information content (AvgIpc) is 3.26. The number of H-pyrrole nitrogens is 1. The smallest absolute Gasteiger partial charge is 0.325 e. The summed E-state index contributed by atoms with van der Waals surface area (Å²) in [5, 5.41) is 25.2. The monoisotopic (exact) mass is 486 g/mol. The quantitative estimate of drug-likeness (QED) is 0.151. The van der Waals surface area contributed by atoms with Crippen LogP contribution in [0.4, 0.5) is 0 Å². The molecule has 8 N–H and O–H groups in total. The first-order valence-corrected chi connectivity index (χ1v) is 11.5. The maximum Gasteiger partial charge on any atom is 0.325 e. The normalized spacial score (nSPS) is 14.4. The molecule has 0 spiro atoms. The molecule has 1 aromatic heterocycles. The molecule has 0 aliphatic rings. The summed E-state index contributed by atoms with van der Waals surface area (Å²) in [6.45, 7) is 1.30. The lowest BCUT2D eigenvalue weighted by atomic mass is 10.1. The summed E-state index contributed by atoms with van der Waals surface area (Å²) in [5.74, 6) is -3.90. The van der Waals surface area contributed by atoms with Gasteiger partial charge in [0.25, 0.3) is 0 Å². The van der Waals surface area contributed by atoms with Gasteiger partial charge in [-0.3, -0.25) is 24.0 Å². The highest BCUT2D eigenvalue weighted by atomic mass is 32.2. The zero-order valence-electron chi connectivity index (χ0n) is 18.4. The van der Waals surface area contributed by atoms with Crippen LogP contribution in [0.5, 0.6) is 0 Å². The van der Waals surface area contributed by atoms with Gasteiger partial charge in [0.2, 0.25) is 17.7 Å². The molecule has 33 heavy (non-hydrogen) atoms. The van der Waals surface area contributed by atoms with Gasteiger partial charge < -0.3 is 36.9 Å². The molecule has 3 amide bonds. The molecule has 13 nitrogen and oxygen atoms in total. The van der Waals surface area contributed by atoms with Gasteiger partial charge in [0.1, 0.15) is 18.1 Å². The molecule has 0 saturated heterocycles.